The zero-order chi connectivity index (χ0) is 12.3. The van der Waals surface area contributed by atoms with Crippen LogP contribution in [0.2, 0.25) is 0 Å². The molecule has 2 aromatic rings. The lowest BCUT2D eigenvalue weighted by atomic mass is 10.1. The van der Waals surface area contributed by atoms with E-state index in [2.05, 4.69) is 0 Å². The van der Waals surface area contributed by atoms with Gasteiger partial charge in [-0.05, 0) is 17.9 Å². The summed E-state index contributed by atoms with van der Waals surface area (Å²) in [5, 5.41) is 2.08. The Morgan fingerprint density at radius 1 is 1.24 bits per heavy atom. The van der Waals surface area contributed by atoms with Crippen LogP contribution in [0.4, 0.5) is 0 Å². The van der Waals surface area contributed by atoms with E-state index in [4.69, 9.17) is 10.5 Å². The molecule has 0 heterocycles. The third-order valence-corrected chi connectivity index (χ3v) is 2.71. The van der Waals surface area contributed by atoms with Crippen molar-refractivity contribution in [2.45, 2.75) is 19.4 Å². The van der Waals surface area contributed by atoms with Gasteiger partial charge in [-0.2, -0.15) is 0 Å². The molecule has 0 aliphatic rings. The molecule has 2 N–H and O–H groups in total. The van der Waals surface area contributed by atoms with Crippen LogP contribution in [0.25, 0.3) is 10.8 Å². The van der Waals surface area contributed by atoms with Crippen LogP contribution in [0.3, 0.4) is 0 Å². The van der Waals surface area contributed by atoms with Gasteiger partial charge in [0.05, 0.1) is 0 Å². The number of primary amides is 1. The van der Waals surface area contributed by atoms with Crippen LogP contribution in [0.1, 0.15) is 13.3 Å². The molecule has 0 aliphatic carbocycles. The maximum Gasteiger partial charge on any atom is 0.258 e. The third kappa shape index (κ3) is 2.38. The molecule has 0 unspecified atom stereocenters. The van der Waals surface area contributed by atoms with Gasteiger partial charge in [0.15, 0.2) is 6.10 Å². The smallest absolute Gasteiger partial charge is 0.258 e. The first-order valence-corrected chi connectivity index (χ1v) is 5.66. The van der Waals surface area contributed by atoms with Crippen molar-refractivity contribution in [3.8, 4) is 5.75 Å². The zero-order valence-electron chi connectivity index (χ0n) is 9.72. The first kappa shape index (κ1) is 11.5. The van der Waals surface area contributed by atoms with Crippen LogP contribution in [0, 0.1) is 0 Å². The Kier molecular flexibility index (Phi) is 3.28. The summed E-state index contributed by atoms with van der Waals surface area (Å²) in [4.78, 5) is 11.2. The number of benzene rings is 2. The Morgan fingerprint density at radius 3 is 2.65 bits per heavy atom. The Morgan fingerprint density at radius 2 is 1.94 bits per heavy atom. The van der Waals surface area contributed by atoms with Gasteiger partial charge in [0.25, 0.3) is 5.91 Å². The maximum absolute atomic E-state index is 11.2. The molecule has 0 fully saturated rings. The number of amides is 1. The number of carbonyl (C=O) groups excluding carboxylic acids is 1. The molecular weight excluding hydrogens is 214 g/mol. The highest BCUT2D eigenvalue weighted by Crippen LogP contribution is 2.26. The quantitative estimate of drug-likeness (QED) is 0.875. The molecule has 1 amide bonds. The molecule has 0 radical (unpaired) electrons. The molecule has 3 heteroatoms. The van der Waals surface area contributed by atoms with Crippen molar-refractivity contribution in [2.24, 2.45) is 5.73 Å². The Balaban J connectivity index is 2.38. The van der Waals surface area contributed by atoms with Crippen molar-refractivity contribution in [3.63, 3.8) is 0 Å². The summed E-state index contributed by atoms with van der Waals surface area (Å²) in [6, 6.07) is 13.7. The number of fused-ring (bicyclic) bond motifs is 1. The number of ether oxygens (including phenoxy) is 1. The van der Waals surface area contributed by atoms with Crippen LogP contribution >= 0.6 is 0 Å². The summed E-state index contributed by atoms with van der Waals surface area (Å²) in [5.74, 6) is 0.272. The van der Waals surface area contributed by atoms with E-state index in [9.17, 15) is 4.79 Å². The van der Waals surface area contributed by atoms with E-state index in [0.29, 0.717) is 12.2 Å². The molecular formula is C14H15NO2. The van der Waals surface area contributed by atoms with Crippen LogP contribution in [-0.2, 0) is 4.79 Å². The van der Waals surface area contributed by atoms with Crippen molar-refractivity contribution in [1.82, 2.24) is 0 Å². The van der Waals surface area contributed by atoms with E-state index < -0.39 is 12.0 Å². The number of hydrogen-bond donors (Lipinski definition) is 1. The van der Waals surface area contributed by atoms with Crippen LogP contribution in [0.15, 0.2) is 42.5 Å². The number of rotatable bonds is 4. The average Bonchev–Trinajstić information content (AvgIpc) is 2.35. The third-order valence-electron chi connectivity index (χ3n) is 2.71. The Hall–Kier alpha value is -2.03. The van der Waals surface area contributed by atoms with E-state index in [1.54, 1.807) is 0 Å². The normalized spacial score (nSPS) is 12.3. The molecule has 0 saturated carbocycles. The second kappa shape index (κ2) is 4.87. The highest BCUT2D eigenvalue weighted by atomic mass is 16.5. The van der Waals surface area contributed by atoms with Gasteiger partial charge < -0.3 is 10.5 Å². The highest BCUT2D eigenvalue weighted by molar-refractivity contribution is 5.88. The molecule has 0 aromatic heterocycles. The minimum Gasteiger partial charge on any atom is -0.480 e. The summed E-state index contributed by atoms with van der Waals surface area (Å²) < 4.78 is 5.66. The lowest BCUT2D eigenvalue weighted by Gasteiger charge is -2.15. The molecule has 0 bridgehead atoms. The van der Waals surface area contributed by atoms with Gasteiger partial charge >= 0.3 is 0 Å². The lowest BCUT2D eigenvalue weighted by Crippen LogP contribution is -2.33. The summed E-state index contributed by atoms with van der Waals surface area (Å²) in [6.07, 6.45) is -0.000688. The molecule has 1 atom stereocenters. The second-order valence-electron chi connectivity index (χ2n) is 3.89. The number of carbonyl (C=O) groups is 1. The topological polar surface area (TPSA) is 52.3 Å². The van der Waals surface area contributed by atoms with Crippen molar-refractivity contribution < 1.29 is 9.53 Å². The fourth-order valence-electron chi connectivity index (χ4n) is 1.79. The van der Waals surface area contributed by atoms with Gasteiger partial charge in [-0.1, -0.05) is 43.3 Å². The van der Waals surface area contributed by atoms with Crippen molar-refractivity contribution >= 4 is 16.7 Å². The van der Waals surface area contributed by atoms with Crippen molar-refractivity contribution in [2.75, 3.05) is 0 Å². The molecule has 0 saturated heterocycles. The van der Waals surface area contributed by atoms with Gasteiger partial charge in [-0.15, -0.1) is 0 Å². The number of hydrogen-bond acceptors (Lipinski definition) is 2. The minimum absolute atomic E-state index is 0.430. The maximum atomic E-state index is 11.2. The van der Waals surface area contributed by atoms with E-state index in [1.165, 1.54) is 0 Å². The standard InChI is InChI=1S/C14H15NO2/c1-2-12(14(15)16)17-13-9-5-7-10-6-3-4-8-11(10)13/h3-9,12H,2H2,1H3,(H2,15,16)/t12-/m0/s1. The van der Waals surface area contributed by atoms with Gasteiger partial charge in [-0.3, -0.25) is 4.79 Å². The van der Waals surface area contributed by atoms with Crippen LogP contribution in [0.5, 0.6) is 5.75 Å². The molecule has 17 heavy (non-hydrogen) atoms. The first-order valence-electron chi connectivity index (χ1n) is 5.66. The molecule has 88 valence electrons. The average molecular weight is 229 g/mol. The monoisotopic (exact) mass is 229 g/mol. The molecule has 0 aliphatic heterocycles. The molecule has 0 spiro atoms. The van der Waals surface area contributed by atoms with Gasteiger partial charge in [0.1, 0.15) is 5.75 Å². The van der Waals surface area contributed by atoms with Crippen LogP contribution < -0.4 is 10.5 Å². The van der Waals surface area contributed by atoms with Gasteiger partial charge in [0.2, 0.25) is 0 Å². The van der Waals surface area contributed by atoms with Crippen molar-refractivity contribution in [1.29, 1.82) is 0 Å². The minimum atomic E-state index is -0.569. The van der Waals surface area contributed by atoms with Crippen molar-refractivity contribution in [3.05, 3.63) is 42.5 Å². The van der Waals surface area contributed by atoms with E-state index >= 15 is 0 Å². The summed E-state index contributed by atoms with van der Waals surface area (Å²) in [6.45, 7) is 1.88. The predicted molar refractivity (Wildman–Crippen MR) is 67.8 cm³/mol. The summed E-state index contributed by atoms with van der Waals surface area (Å²) >= 11 is 0. The predicted octanol–water partition coefficient (Wildman–Crippen LogP) is 2.48. The zero-order valence-corrected chi connectivity index (χ0v) is 9.72. The fourth-order valence-corrected chi connectivity index (χ4v) is 1.79. The summed E-state index contributed by atoms with van der Waals surface area (Å²) in [7, 11) is 0. The Labute approximate surface area is 100 Å². The molecule has 3 nitrogen and oxygen atoms in total. The fraction of sp³-hybridized carbons (Fsp3) is 0.214. The van der Waals surface area contributed by atoms with Crippen LogP contribution in [-0.4, -0.2) is 12.0 Å². The van der Waals surface area contributed by atoms with Gasteiger partial charge in [-0.25, -0.2) is 0 Å². The largest absolute Gasteiger partial charge is 0.480 e. The first-order chi connectivity index (χ1) is 8.22. The number of nitrogens with two attached hydrogens (primary N) is 1. The van der Waals surface area contributed by atoms with E-state index in [0.717, 1.165) is 10.8 Å². The van der Waals surface area contributed by atoms with Gasteiger partial charge in [0, 0.05) is 5.39 Å². The van der Waals surface area contributed by atoms with E-state index in [1.807, 2.05) is 49.4 Å². The van der Waals surface area contributed by atoms with E-state index in [-0.39, 0.29) is 0 Å². The lowest BCUT2D eigenvalue weighted by molar-refractivity contribution is -0.124. The Bertz CT molecular complexity index is 531. The summed E-state index contributed by atoms with van der Waals surface area (Å²) in [5.41, 5.74) is 5.28. The SMILES string of the molecule is CC[C@H](Oc1cccc2ccccc12)C(N)=O. The molecule has 2 rings (SSSR count). The molecule has 2 aromatic carbocycles. The highest BCUT2D eigenvalue weighted by Gasteiger charge is 2.15. The second-order valence-corrected chi connectivity index (χ2v) is 3.89.